The molecule has 0 saturated carbocycles. The first-order valence-corrected chi connectivity index (χ1v) is 11.0. The molecule has 8 heteroatoms. The number of carbonyl (C=O) groups excluding carboxylic acids is 3. The van der Waals surface area contributed by atoms with Crippen molar-refractivity contribution in [2.24, 2.45) is 5.73 Å². The molecule has 2 atom stereocenters. The Labute approximate surface area is 193 Å². The summed E-state index contributed by atoms with van der Waals surface area (Å²) in [5.41, 5.74) is 6.52. The summed E-state index contributed by atoms with van der Waals surface area (Å²) in [6, 6.07) is 11.5. The van der Waals surface area contributed by atoms with E-state index in [1.54, 1.807) is 12.1 Å². The van der Waals surface area contributed by atoms with Crippen molar-refractivity contribution in [3.63, 3.8) is 0 Å². The van der Waals surface area contributed by atoms with Crippen LogP contribution in [-0.2, 0) is 9.59 Å². The van der Waals surface area contributed by atoms with E-state index in [0.717, 1.165) is 9.13 Å². The average Bonchev–Trinajstić information content (AvgIpc) is 3.13. The molecule has 2 unspecified atom stereocenters. The Morgan fingerprint density at radius 3 is 2.40 bits per heavy atom. The Bertz CT molecular complexity index is 978. The third-order valence-corrected chi connectivity index (χ3v) is 6.02. The van der Waals surface area contributed by atoms with Crippen LogP contribution in [0.1, 0.15) is 42.1 Å². The molecule has 1 fully saturated rings. The second kappa shape index (κ2) is 9.34. The molecule has 0 bridgehead atoms. The molecule has 0 aliphatic carbocycles. The molecule has 0 aromatic heterocycles. The molecule has 1 aliphatic heterocycles. The maximum Gasteiger partial charge on any atom is 0.287 e. The molecule has 1 heterocycles. The third-order valence-electron chi connectivity index (χ3n) is 5.01. The fraction of sp³-hybridized carbons (Fsp3) is 0.318. The Hall–Kier alpha value is -2.13. The van der Waals surface area contributed by atoms with E-state index in [4.69, 9.17) is 22.1 Å². The molecule has 2 aromatic carbocycles. The van der Waals surface area contributed by atoms with Crippen molar-refractivity contribution in [2.45, 2.75) is 38.3 Å². The normalized spacial score (nSPS) is 18.5. The first-order valence-electron chi connectivity index (χ1n) is 9.55. The van der Waals surface area contributed by atoms with E-state index in [9.17, 15) is 14.4 Å². The molecule has 0 radical (unpaired) electrons. The molecule has 1 aliphatic rings. The van der Waals surface area contributed by atoms with Crippen molar-refractivity contribution in [2.75, 3.05) is 6.54 Å². The van der Waals surface area contributed by atoms with Crippen LogP contribution < -0.4 is 10.5 Å². The number of ketones is 1. The van der Waals surface area contributed by atoms with Crippen molar-refractivity contribution in [3.05, 3.63) is 62.2 Å². The Balaban J connectivity index is 1.92. The minimum atomic E-state index is -1.05. The van der Waals surface area contributed by atoms with Crippen molar-refractivity contribution in [3.8, 4) is 5.75 Å². The van der Waals surface area contributed by atoms with Gasteiger partial charge in [-0.3, -0.25) is 14.4 Å². The zero-order chi connectivity index (χ0) is 22.0. The number of hydrogen-bond acceptors (Lipinski definition) is 4. The number of carbonyl (C=O) groups is 3. The quantitative estimate of drug-likeness (QED) is 0.446. The number of hydrogen-bond donors (Lipinski definition) is 1. The van der Waals surface area contributed by atoms with Crippen LogP contribution in [-0.4, -0.2) is 41.2 Å². The number of nitrogens with zero attached hydrogens (tertiary/aromatic N) is 1. The highest BCUT2D eigenvalue weighted by molar-refractivity contribution is 14.1. The zero-order valence-electron chi connectivity index (χ0n) is 16.6. The lowest BCUT2D eigenvalue weighted by Gasteiger charge is -2.26. The number of ether oxygens (including phenoxy) is 1. The van der Waals surface area contributed by atoms with Crippen molar-refractivity contribution in [1.82, 2.24) is 4.90 Å². The van der Waals surface area contributed by atoms with Crippen LogP contribution in [0.15, 0.2) is 42.5 Å². The minimum absolute atomic E-state index is 0.0603. The van der Waals surface area contributed by atoms with Crippen molar-refractivity contribution >= 4 is 51.8 Å². The summed E-state index contributed by atoms with van der Waals surface area (Å²) in [4.78, 5) is 39.0. The first-order chi connectivity index (χ1) is 14.2. The number of rotatable bonds is 6. The van der Waals surface area contributed by atoms with E-state index in [1.807, 2.05) is 38.1 Å². The van der Waals surface area contributed by atoms with Gasteiger partial charge in [0.25, 0.3) is 11.8 Å². The summed E-state index contributed by atoms with van der Waals surface area (Å²) in [6.45, 7) is 4.09. The van der Waals surface area contributed by atoms with Crippen LogP contribution in [0.3, 0.4) is 0 Å². The molecule has 2 aromatic rings. The largest absolute Gasteiger partial charge is 0.489 e. The lowest BCUT2D eigenvalue weighted by atomic mass is 9.89. The number of Topliss-reactive ketones (excluding diaryl/α,β-unsaturated/α-hetero) is 1. The zero-order valence-corrected chi connectivity index (χ0v) is 19.5. The molecular formula is C22H22ClIN2O4. The van der Waals surface area contributed by atoms with E-state index >= 15 is 0 Å². The van der Waals surface area contributed by atoms with Crippen LogP contribution in [0.5, 0.6) is 5.75 Å². The lowest BCUT2D eigenvalue weighted by Crippen LogP contribution is -2.47. The molecule has 2 N–H and O–H groups in total. The van der Waals surface area contributed by atoms with Gasteiger partial charge in [0.1, 0.15) is 11.8 Å². The van der Waals surface area contributed by atoms with Crippen LogP contribution in [0.4, 0.5) is 0 Å². The topological polar surface area (TPSA) is 89.7 Å². The van der Waals surface area contributed by atoms with Gasteiger partial charge >= 0.3 is 0 Å². The average molecular weight is 541 g/mol. The molecule has 6 nitrogen and oxygen atoms in total. The summed E-state index contributed by atoms with van der Waals surface area (Å²) in [6.07, 6.45) is 0.494. The fourth-order valence-electron chi connectivity index (χ4n) is 3.70. The summed E-state index contributed by atoms with van der Waals surface area (Å²) >= 11 is 8.47. The number of nitrogens with two attached hydrogens (primary N) is 1. The van der Waals surface area contributed by atoms with Gasteiger partial charge in [-0.1, -0.05) is 23.7 Å². The highest BCUT2D eigenvalue weighted by atomic mass is 127. The summed E-state index contributed by atoms with van der Waals surface area (Å²) in [7, 11) is 0. The fourth-order valence-corrected chi connectivity index (χ4v) is 4.28. The maximum absolute atomic E-state index is 13.2. The predicted octanol–water partition coefficient (Wildman–Crippen LogP) is 3.78. The van der Waals surface area contributed by atoms with Crippen molar-refractivity contribution in [1.29, 1.82) is 0 Å². The Morgan fingerprint density at radius 1 is 1.17 bits per heavy atom. The molecule has 3 rings (SSSR count). The van der Waals surface area contributed by atoms with Crippen LogP contribution in [0.25, 0.3) is 0 Å². The minimum Gasteiger partial charge on any atom is -0.489 e. The third kappa shape index (κ3) is 4.78. The van der Waals surface area contributed by atoms with Crippen molar-refractivity contribution < 1.29 is 19.1 Å². The van der Waals surface area contributed by atoms with Crippen LogP contribution >= 0.6 is 34.2 Å². The predicted molar refractivity (Wildman–Crippen MR) is 123 cm³/mol. The van der Waals surface area contributed by atoms with Gasteiger partial charge in [-0.25, -0.2) is 0 Å². The number of amides is 2. The van der Waals surface area contributed by atoms with Gasteiger partial charge < -0.3 is 15.4 Å². The summed E-state index contributed by atoms with van der Waals surface area (Å²) in [5.74, 6) is -2.01. The highest BCUT2D eigenvalue weighted by Gasteiger charge is 2.44. The molecule has 1 saturated heterocycles. The number of likely N-dealkylation sites (tertiary alicyclic amines) is 1. The van der Waals surface area contributed by atoms with E-state index in [0.29, 0.717) is 29.3 Å². The van der Waals surface area contributed by atoms with Gasteiger partial charge in [-0.05, 0) is 78.8 Å². The van der Waals surface area contributed by atoms with Crippen LogP contribution in [0, 0.1) is 3.57 Å². The maximum atomic E-state index is 13.2. The summed E-state index contributed by atoms with van der Waals surface area (Å²) < 4.78 is 6.66. The second-order valence-electron chi connectivity index (χ2n) is 7.43. The second-order valence-corrected chi connectivity index (χ2v) is 9.08. The Kier molecular flexibility index (Phi) is 7.02. The van der Waals surface area contributed by atoms with E-state index in [-0.39, 0.29) is 17.9 Å². The van der Waals surface area contributed by atoms with Gasteiger partial charge in [-0.15, -0.1) is 0 Å². The highest BCUT2D eigenvalue weighted by Crippen LogP contribution is 2.36. The molecular weight excluding hydrogens is 519 g/mol. The molecule has 0 spiro atoms. The van der Waals surface area contributed by atoms with Gasteiger partial charge in [0.2, 0.25) is 5.78 Å². The van der Waals surface area contributed by atoms with Gasteiger partial charge in [-0.2, -0.15) is 0 Å². The van der Waals surface area contributed by atoms with E-state index in [2.05, 4.69) is 22.6 Å². The van der Waals surface area contributed by atoms with E-state index in [1.165, 1.54) is 11.0 Å². The smallest absolute Gasteiger partial charge is 0.287 e. The van der Waals surface area contributed by atoms with Gasteiger partial charge in [0.05, 0.1) is 11.1 Å². The standard InChI is InChI=1S/C22H22ClIN2O4/c1-12(2)30-18-8-5-14(11-17(18)23)22(29)26-10-9-16(19(26)20(27)21(25)28)13-3-6-15(24)7-4-13/h3-8,11-12,16,19H,9-10H2,1-2H3,(H2,25,28). The first kappa shape index (κ1) is 22.6. The van der Waals surface area contributed by atoms with Crippen LogP contribution in [0.2, 0.25) is 5.02 Å². The molecule has 30 heavy (non-hydrogen) atoms. The number of primary amides is 1. The molecule has 158 valence electrons. The monoisotopic (exact) mass is 540 g/mol. The lowest BCUT2D eigenvalue weighted by molar-refractivity contribution is -0.138. The number of halogens is 2. The van der Waals surface area contributed by atoms with Gasteiger partial charge in [0, 0.05) is 21.6 Å². The number of benzene rings is 2. The van der Waals surface area contributed by atoms with Gasteiger partial charge in [0.15, 0.2) is 0 Å². The van der Waals surface area contributed by atoms with E-state index < -0.39 is 17.7 Å². The summed E-state index contributed by atoms with van der Waals surface area (Å²) in [5, 5.41) is 0.306. The SMILES string of the molecule is CC(C)Oc1ccc(C(=O)N2CCC(c3ccc(I)cc3)C2C(=O)C(N)=O)cc1Cl. The Morgan fingerprint density at radius 2 is 1.83 bits per heavy atom. The molecule has 2 amide bonds.